The summed E-state index contributed by atoms with van der Waals surface area (Å²) in [6.45, 7) is 4.13. The van der Waals surface area contributed by atoms with Gasteiger partial charge < -0.3 is 14.7 Å². The maximum absolute atomic E-state index is 13.0. The summed E-state index contributed by atoms with van der Waals surface area (Å²) in [6.07, 6.45) is 3.74. The summed E-state index contributed by atoms with van der Waals surface area (Å²) in [5.41, 5.74) is 2.59. The number of carbonyl (C=O) groups is 1. The van der Waals surface area contributed by atoms with E-state index >= 15 is 0 Å². The van der Waals surface area contributed by atoms with E-state index in [9.17, 15) is 9.90 Å². The lowest BCUT2D eigenvalue weighted by molar-refractivity contribution is 0.00202. The lowest BCUT2D eigenvalue weighted by atomic mass is 10.0. The Hall–Kier alpha value is -2.33. The van der Waals surface area contributed by atoms with Gasteiger partial charge in [0.05, 0.1) is 11.7 Å². The van der Waals surface area contributed by atoms with Gasteiger partial charge in [0.2, 0.25) is 0 Å². The molecular formula is C22H27NO3. The Kier molecular flexibility index (Phi) is 6.29. The fraction of sp³-hybridized carbons (Fsp3) is 0.409. The molecule has 2 aromatic carbocycles. The summed E-state index contributed by atoms with van der Waals surface area (Å²) < 4.78 is 5.82. The van der Waals surface area contributed by atoms with Gasteiger partial charge in [0, 0.05) is 19.7 Å². The molecule has 3 rings (SSSR count). The van der Waals surface area contributed by atoms with E-state index in [0.717, 1.165) is 37.9 Å². The van der Waals surface area contributed by atoms with Gasteiger partial charge in [-0.1, -0.05) is 43.3 Å². The third kappa shape index (κ3) is 4.64. The van der Waals surface area contributed by atoms with E-state index in [1.54, 1.807) is 6.07 Å². The topological polar surface area (TPSA) is 49.8 Å². The molecule has 1 atom stereocenters. The molecule has 0 spiro atoms. The summed E-state index contributed by atoms with van der Waals surface area (Å²) in [5.74, 6) is -0.0642. The average molecular weight is 353 g/mol. The van der Waals surface area contributed by atoms with Gasteiger partial charge >= 0.3 is 0 Å². The van der Waals surface area contributed by atoms with E-state index in [-0.39, 0.29) is 17.8 Å². The highest BCUT2D eigenvalue weighted by Crippen LogP contribution is 2.24. The summed E-state index contributed by atoms with van der Waals surface area (Å²) in [5, 5.41) is 10.2. The highest BCUT2D eigenvalue weighted by Gasteiger charge is 2.26. The molecule has 26 heavy (non-hydrogen) atoms. The Labute approximate surface area is 155 Å². The van der Waals surface area contributed by atoms with Crippen LogP contribution >= 0.6 is 0 Å². The number of piperidine rings is 1. The standard InChI is InChI=1S/C22H27NO3/c1-2-13-26-19-9-6-12-23(16-19)22(25)20-15-18(10-11-21(20)24)14-17-7-4-3-5-8-17/h3-5,7-8,10-11,15,19,24H,2,6,9,12-14,16H2,1H3. The predicted molar refractivity (Wildman–Crippen MR) is 103 cm³/mol. The molecule has 1 aliphatic rings. The first-order valence-corrected chi connectivity index (χ1v) is 9.44. The molecule has 0 bridgehead atoms. The Bertz CT molecular complexity index is 729. The monoisotopic (exact) mass is 353 g/mol. The van der Waals surface area contributed by atoms with Crippen molar-refractivity contribution in [1.29, 1.82) is 0 Å². The van der Waals surface area contributed by atoms with Crippen LogP contribution in [0.5, 0.6) is 5.75 Å². The van der Waals surface area contributed by atoms with E-state index in [1.807, 2.05) is 35.2 Å². The van der Waals surface area contributed by atoms with Crippen LogP contribution in [-0.2, 0) is 11.2 Å². The molecular weight excluding hydrogens is 326 g/mol. The summed E-state index contributed by atoms with van der Waals surface area (Å²) in [7, 11) is 0. The number of likely N-dealkylation sites (tertiary alicyclic amines) is 1. The van der Waals surface area contributed by atoms with E-state index in [2.05, 4.69) is 19.1 Å². The number of amides is 1. The fourth-order valence-corrected chi connectivity index (χ4v) is 3.41. The van der Waals surface area contributed by atoms with Gasteiger partial charge in [0.1, 0.15) is 5.75 Å². The zero-order chi connectivity index (χ0) is 18.4. The average Bonchev–Trinajstić information content (AvgIpc) is 2.68. The van der Waals surface area contributed by atoms with Crippen LogP contribution in [0.1, 0.15) is 47.7 Å². The quantitative estimate of drug-likeness (QED) is 0.853. The molecule has 1 aliphatic heterocycles. The molecule has 0 aliphatic carbocycles. The number of aromatic hydroxyl groups is 1. The number of rotatable bonds is 6. The minimum atomic E-state index is -0.109. The van der Waals surface area contributed by atoms with Crippen molar-refractivity contribution in [2.75, 3.05) is 19.7 Å². The third-order valence-corrected chi connectivity index (χ3v) is 4.77. The molecule has 0 aromatic heterocycles. The minimum Gasteiger partial charge on any atom is -0.507 e. The molecule has 138 valence electrons. The molecule has 1 amide bonds. The molecule has 4 heteroatoms. The highest BCUT2D eigenvalue weighted by molar-refractivity contribution is 5.97. The van der Waals surface area contributed by atoms with Crippen LogP contribution in [0.3, 0.4) is 0 Å². The number of benzene rings is 2. The van der Waals surface area contributed by atoms with Gasteiger partial charge in [-0.2, -0.15) is 0 Å². The van der Waals surface area contributed by atoms with Crippen molar-refractivity contribution in [2.24, 2.45) is 0 Å². The largest absolute Gasteiger partial charge is 0.507 e. The van der Waals surface area contributed by atoms with Crippen LogP contribution in [0, 0.1) is 0 Å². The van der Waals surface area contributed by atoms with Gasteiger partial charge in [-0.3, -0.25) is 4.79 Å². The lowest BCUT2D eigenvalue weighted by Gasteiger charge is -2.33. The number of carbonyl (C=O) groups excluding carboxylic acids is 1. The van der Waals surface area contributed by atoms with Crippen molar-refractivity contribution in [3.63, 3.8) is 0 Å². The van der Waals surface area contributed by atoms with E-state index in [4.69, 9.17) is 4.74 Å². The molecule has 0 radical (unpaired) electrons. The van der Waals surface area contributed by atoms with Crippen LogP contribution in [0.2, 0.25) is 0 Å². The predicted octanol–water partition coefficient (Wildman–Crippen LogP) is 4.01. The molecule has 1 saturated heterocycles. The smallest absolute Gasteiger partial charge is 0.257 e. The number of hydrogen-bond donors (Lipinski definition) is 1. The minimum absolute atomic E-state index is 0.0448. The van der Waals surface area contributed by atoms with Crippen molar-refractivity contribution >= 4 is 5.91 Å². The molecule has 1 fully saturated rings. The second-order valence-electron chi connectivity index (χ2n) is 6.90. The first-order valence-electron chi connectivity index (χ1n) is 9.44. The summed E-state index contributed by atoms with van der Waals surface area (Å²) >= 11 is 0. The molecule has 0 saturated carbocycles. The van der Waals surface area contributed by atoms with Gasteiger partial charge in [0.25, 0.3) is 5.91 Å². The van der Waals surface area contributed by atoms with Crippen molar-refractivity contribution in [3.8, 4) is 5.75 Å². The number of nitrogens with zero attached hydrogens (tertiary/aromatic N) is 1. The van der Waals surface area contributed by atoms with Crippen LogP contribution in [-0.4, -0.2) is 41.7 Å². The summed E-state index contributed by atoms with van der Waals surface area (Å²) in [4.78, 5) is 14.8. The number of hydrogen-bond acceptors (Lipinski definition) is 3. The van der Waals surface area contributed by atoms with E-state index < -0.39 is 0 Å². The Morgan fingerprint density at radius 1 is 1.19 bits per heavy atom. The molecule has 1 unspecified atom stereocenters. The first-order chi connectivity index (χ1) is 12.7. The van der Waals surface area contributed by atoms with E-state index in [0.29, 0.717) is 18.7 Å². The van der Waals surface area contributed by atoms with E-state index in [1.165, 1.54) is 5.56 Å². The fourth-order valence-electron chi connectivity index (χ4n) is 3.41. The molecule has 4 nitrogen and oxygen atoms in total. The van der Waals surface area contributed by atoms with Crippen molar-refractivity contribution in [2.45, 2.75) is 38.7 Å². The Balaban J connectivity index is 1.73. The van der Waals surface area contributed by atoms with Crippen molar-refractivity contribution < 1.29 is 14.6 Å². The van der Waals surface area contributed by atoms with Crippen molar-refractivity contribution in [1.82, 2.24) is 4.90 Å². The molecule has 2 aromatic rings. The normalized spacial score (nSPS) is 17.3. The zero-order valence-corrected chi connectivity index (χ0v) is 15.4. The van der Waals surface area contributed by atoms with Crippen LogP contribution < -0.4 is 0 Å². The van der Waals surface area contributed by atoms with Gasteiger partial charge in [-0.05, 0) is 48.9 Å². The maximum atomic E-state index is 13.0. The van der Waals surface area contributed by atoms with Crippen LogP contribution in [0.15, 0.2) is 48.5 Å². The maximum Gasteiger partial charge on any atom is 0.257 e. The Morgan fingerprint density at radius 2 is 2.00 bits per heavy atom. The highest BCUT2D eigenvalue weighted by atomic mass is 16.5. The lowest BCUT2D eigenvalue weighted by Crippen LogP contribution is -2.43. The molecule has 1 heterocycles. The van der Waals surface area contributed by atoms with Gasteiger partial charge in [-0.15, -0.1) is 0 Å². The van der Waals surface area contributed by atoms with Crippen LogP contribution in [0.25, 0.3) is 0 Å². The van der Waals surface area contributed by atoms with Crippen molar-refractivity contribution in [3.05, 3.63) is 65.2 Å². The third-order valence-electron chi connectivity index (χ3n) is 4.77. The second-order valence-corrected chi connectivity index (χ2v) is 6.90. The SMILES string of the molecule is CCCOC1CCCN(C(=O)c2cc(Cc3ccccc3)ccc2O)C1. The second kappa shape index (κ2) is 8.86. The number of phenolic OH excluding ortho intramolecular Hbond substituents is 1. The summed E-state index contributed by atoms with van der Waals surface area (Å²) in [6, 6.07) is 15.5. The van der Waals surface area contributed by atoms with Gasteiger partial charge in [0.15, 0.2) is 0 Å². The van der Waals surface area contributed by atoms with Crippen LogP contribution in [0.4, 0.5) is 0 Å². The Morgan fingerprint density at radius 3 is 2.77 bits per heavy atom. The first kappa shape index (κ1) is 18.5. The molecule has 1 N–H and O–H groups in total. The zero-order valence-electron chi connectivity index (χ0n) is 15.4. The number of ether oxygens (including phenoxy) is 1. The van der Waals surface area contributed by atoms with Gasteiger partial charge in [-0.25, -0.2) is 0 Å². The number of phenols is 1.